The number of nitrogens with two attached hydrogens (primary N) is 1. The highest BCUT2D eigenvalue weighted by atomic mass is 16.2. The Kier molecular flexibility index (Phi) is 6.60. The maximum absolute atomic E-state index is 11.8. The molecule has 1 unspecified atom stereocenters. The highest BCUT2D eigenvalue weighted by molar-refractivity contribution is 5.85. The fourth-order valence-electron chi connectivity index (χ4n) is 1.44. The van der Waals surface area contributed by atoms with E-state index < -0.39 is 5.54 Å². The van der Waals surface area contributed by atoms with E-state index in [4.69, 9.17) is 5.73 Å². The van der Waals surface area contributed by atoms with E-state index >= 15 is 0 Å². The van der Waals surface area contributed by atoms with Crippen molar-refractivity contribution in [3.05, 3.63) is 0 Å². The molecule has 96 valence electrons. The summed E-state index contributed by atoms with van der Waals surface area (Å²) >= 11 is 0. The number of hydrogen-bond acceptors (Lipinski definition) is 3. The Morgan fingerprint density at radius 2 is 2.06 bits per heavy atom. The topological polar surface area (TPSA) is 58.4 Å². The smallest absolute Gasteiger partial charge is 0.239 e. The number of nitrogens with one attached hydrogen (secondary N) is 1. The van der Waals surface area contributed by atoms with Crippen LogP contribution in [-0.4, -0.2) is 42.5 Å². The molecule has 0 saturated carbocycles. The van der Waals surface area contributed by atoms with E-state index in [0.717, 1.165) is 19.4 Å². The number of amides is 1. The van der Waals surface area contributed by atoms with Crippen LogP contribution in [0, 0.1) is 0 Å². The van der Waals surface area contributed by atoms with Gasteiger partial charge in [0.15, 0.2) is 0 Å². The maximum Gasteiger partial charge on any atom is 0.239 e. The molecule has 0 aromatic rings. The van der Waals surface area contributed by atoms with Crippen LogP contribution in [0.2, 0.25) is 0 Å². The molecule has 0 aromatic carbocycles. The van der Waals surface area contributed by atoms with Gasteiger partial charge in [0, 0.05) is 19.1 Å². The predicted octanol–water partition coefficient (Wildman–Crippen LogP) is 0.960. The lowest BCUT2D eigenvalue weighted by atomic mass is 9.96. The molecular formula is C12H27N3O. The zero-order valence-electron chi connectivity index (χ0n) is 11.3. The van der Waals surface area contributed by atoms with Crippen LogP contribution in [0.3, 0.4) is 0 Å². The molecule has 0 heterocycles. The van der Waals surface area contributed by atoms with Gasteiger partial charge in [0.05, 0.1) is 5.54 Å². The van der Waals surface area contributed by atoms with Crippen molar-refractivity contribution in [3.8, 4) is 0 Å². The minimum atomic E-state index is -0.731. The second-order valence-corrected chi connectivity index (χ2v) is 5.00. The van der Waals surface area contributed by atoms with Crippen LogP contribution in [0.25, 0.3) is 0 Å². The summed E-state index contributed by atoms with van der Waals surface area (Å²) in [5, 5.41) is 2.89. The highest BCUT2D eigenvalue weighted by Crippen LogP contribution is 2.07. The number of carbonyl (C=O) groups is 1. The monoisotopic (exact) mass is 229 g/mol. The van der Waals surface area contributed by atoms with Crippen molar-refractivity contribution in [1.29, 1.82) is 0 Å². The third kappa shape index (κ3) is 5.47. The molecule has 3 N–H and O–H groups in total. The molecule has 0 bridgehead atoms. The quantitative estimate of drug-likeness (QED) is 0.683. The van der Waals surface area contributed by atoms with Gasteiger partial charge in [-0.1, -0.05) is 13.3 Å². The molecular weight excluding hydrogens is 202 g/mol. The average Bonchev–Trinajstić information content (AvgIpc) is 2.16. The molecule has 0 aliphatic carbocycles. The molecule has 0 rings (SSSR count). The van der Waals surface area contributed by atoms with Crippen molar-refractivity contribution >= 4 is 5.91 Å². The Morgan fingerprint density at radius 1 is 1.50 bits per heavy atom. The number of nitrogens with zero attached hydrogens (tertiary/aromatic N) is 1. The van der Waals surface area contributed by atoms with Crippen LogP contribution in [-0.2, 0) is 4.79 Å². The predicted molar refractivity (Wildman–Crippen MR) is 68.3 cm³/mol. The van der Waals surface area contributed by atoms with Crippen molar-refractivity contribution in [2.75, 3.05) is 20.1 Å². The lowest BCUT2D eigenvalue weighted by Crippen LogP contribution is -2.52. The van der Waals surface area contributed by atoms with E-state index in [9.17, 15) is 4.79 Å². The van der Waals surface area contributed by atoms with Crippen LogP contribution in [0.15, 0.2) is 0 Å². The lowest BCUT2D eigenvalue weighted by Gasteiger charge is -2.25. The third-order valence-electron chi connectivity index (χ3n) is 2.92. The van der Waals surface area contributed by atoms with Crippen molar-refractivity contribution in [2.24, 2.45) is 5.73 Å². The molecule has 1 amide bonds. The minimum Gasteiger partial charge on any atom is -0.353 e. The largest absolute Gasteiger partial charge is 0.353 e. The van der Waals surface area contributed by atoms with E-state index in [1.807, 2.05) is 14.0 Å². The fraction of sp³-hybridized carbons (Fsp3) is 0.917. The first-order valence-electron chi connectivity index (χ1n) is 6.08. The molecule has 0 aromatic heterocycles. The molecule has 0 radical (unpaired) electrons. The molecule has 16 heavy (non-hydrogen) atoms. The Bertz CT molecular complexity index is 214. The van der Waals surface area contributed by atoms with Gasteiger partial charge in [-0.2, -0.15) is 0 Å². The summed E-state index contributed by atoms with van der Waals surface area (Å²) in [6.07, 6.45) is 1.64. The van der Waals surface area contributed by atoms with E-state index in [1.165, 1.54) is 0 Å². The van der Waals surface area contributed by atoms with Gasteiger partial charge in [0.25, 0.3) is 0 Å². The molecule has 0 fully saturated rings. The number of likely N-dealkylation sites (N-methyl/N-ethyl adjacent to an activating group) is 1. The fourth-order valence-corrected chi connectivity index (χ4v) is 1.44. The second-order valence-electron chi connectivity index (χ2n) is 5.00. The first-order valence-corrected chi connectivity index (χ1v) is 6.08. The van der Waals surface area contributed by atoms with Crippen molar-refractivity contribution < 1.29 is 4.79 Å². The van der Waals surface area contributed by atoms with Gasteiger partial charge in [-0.15, -0.1) is 0 Å². The van der Waals surface area contributed by atoms with Crippen LogP contribution in [0.1, 0.15) is 40.5 Å². The minimum absolute atomic E-state index is 0.0495. The van der Waals surface area contributed by atoms with Crippen molar-refractivity contribution in [3.63, 3.8) is 0 Å². The van der Waals surface area contributed by atoms with E-state index in [1.54, 1.807) is 6.92 Å². The normalized spacial score (nSPS) is 15.2. The Morgan fingerprint density at radius 3 is 2.50 bits per heavy atom. The molecule has 0 aliphatic heterocycles. The van der Waals surface area contributed by atoms with E-state index in [-0.39, 0.29) is 5.91 Å². The number of hydrogen-bond donors (Lipinski definition) is 2. The Labute approximate surface area is 99.6 Å². The first-order chi connectivity index (χ1) is 7.31. The summed E-state index contributed by atoms with van der Waals surface area (Å²) in [5.41, 5.74) is 5.19. The van der Waals surface area contributed by atoms with Gasteiger partial charge in [0.2, 0.25) is 5.91 Å². The molecule has 4 nitrogen and oxygen atoms in total. The molecule has 1 atom stereocenters. The second kappa shape index (κ2) is 6.86. The first kappa shape index (κ1) is 15.4. The van der Waals surface area contributed by atoms with Gasteiger partial charge in [-0.25, -0.2) is 0 Å². The molecule has 0 spiro atoms. The molecule has 0 saturated heterocycles. The zero-order chi connectivity index (χ0) is 12.8. The van der Waals surface area contributed by atoms with Gasteiger partial charge in [-0.3, -0.25) is 4.79 Å². The lowest BCUT2D eigenvalue weighted by molar-refractivity contribution is -0.126. The van der Waals surface area contributed by atoms with Crippen LogP contribution < -0.4 is 11.1 Å². The number of rotatable bonds is 7. The summed E-state index contributed by atoms with van der Waals surface area (Å²) in [7, 11) is 2.05. The van der Waals surface area contributed by atoms with Crippen LogP contribution in [0.5, 0.6) is 0 Å². The Hall–Kier alpha value is -0.610. The summed E-state index contributed by atoms with van der Waals surface area (Å²) in [5.74, 6) is -0.0495. The third-order valence-corrected chi connectivity index (χ3v) is 2.92. The Balaban J connectivity index is 3.90. The van der Waals surface area contributed by atoms with Gasteiger partial charge >= 0.3 is 0 Å². The number of carbonyl (C=O) groups excluding carboxylic acids is 1. The SMILES string of the molecule is CCCC(C)(N)C(=O)NCCN(C)C(C)C. The van der Waals surface area contributed by atoms with E-state index in [2.05, 4.69) is 24.1 Å². The summed E-state index contributed by atoms with van der Waals surface area (Å²) in [6, 6.07) is 0.497. The van der Waals surface area contributed by atoms with Crippen LogP contribution >= 0.6 is 0 Å². The van der Waals surface area contributed by atoms with Gasteiger partial charge < -0.3 is 16.0 Å². The van der Waals surface area contributed by atoms with Crippen molar-refractivity contribution in [2.45, 2.75) is 52.1 Å². The molecule has 0 aliphatic rings. The van der Waals surface area contributed by atoms with Crippen LogP contribution in [0.4, 0.5) is 0 Å². The summed E-state index contributed by atoms with van der Waals surface area (Å²) in [6.45, 7) is 9.59. The highest BCUT2D eigenvalue weighted by Gasteiger charge is 2.26. The zero-order valence-corrected chi connectivity index (χ0v) is 11.3. The molecule has 4 heteroatoms. The van der Waals surface area contributed by atoms with E-state index in [0.29, 0.717) is 12.6 Å². The standard InChI is InChI=1S/C12H27N3O/c1-6-7-12(4,13)11(16)14-8-9-15(5)10(2)3/h10H,6-9,13H2,1-5H3,(H,14,16). The van der Waals surface area contributed by atoms with Gasteiger partial charge in [-0.05, 0) is 34.2 Å². The summed E-state index contributed by atoms with van der Waals surface area (Å²) < 4.78 is 0. The maximum atomic E-state index is 11.8. The van der Waals surface area contributed by atoms with Gasteiger partial charge in [0.1, 0.15) is 0 Å². The van der Waals surface area contributed by atoms with Crippen molar-refractivity contribution in [1.82, 2.24) is 10.2 Å². The summed E-state index contributed by atoms with van der Waals surface area (Å²) in [4.78, 5) is 13.9. The average molecular weight is 229 g/mol.